The standard InChI is InChI=1S/C21H30N2O5/c1-3-22-12-7-8-16(22)14-23(13-11-20(24)26-4-2)21(25)19-15-27-17-9-5-6-10-18(17)28-19/h5-6,9-10,16,19H,3-4,7-8,11-15H2,1-2H3. The molecule has 7 heteroatoms. The Balaban J connectivity index is 1.68. The molecule has 0 aliphatic carbocycles. The van der Waals surface area contributed by atoms with Crippen molar-refractivity contribution in [3.05, 3.63) is 24.3 Å². The van der Waals surface area contributed by atoms with Crippen LogP contribution in [0.25, 0.3) is 0 Å². The predicted molar refractivity (Wildman–Crippen MR) is 104 cm³/mol. The maximum atomic E-state index is 13.2. The SMILES string of the molecule is CCOC(=O)CCN(CC1CCCN1CC)C(=O)C1COc2ccccc2O1. The van der Waals surface area contributed by atoms with Crippen LogP contribution in [0.2, 0.25) is 0 Å². The molecular formula is C21H30N2O5. The molecule has 2 unspecified atom stereocenters. The lowest BCUT2D eigenvalue weighted by atomic mass is 10.1. The number of hydrogen-bond donors (Lipinski definition) is 0. The first-order valence-electron chi connectivity index (χ1n) is 10.2. The van der Waals surface area contributed by atoms with Crippen LogP contribution in [0.1, 0.15) is 33.1 Å². The summed E-state index contributed by atoms with van der Waals surface area (Å²) in [5.41, 5.74) is 0. The topological polar surface area (TPSA) is 68.3 Å². The maximum absolute atomic E-state index is 13.2. The van der Waals surface area contributed by atoms with Gasteiger partial charge in [-0.1, -0.05) is 19.1 Å². The first-order valence-corrected chi connectivity index (χ1v) is 10.2. The zero-order chi connectivity index (χ0) is 19.9. The van der Waals surface area contributed by atoms with Crippen LogP contribution in [-0.2, 0) is 14.3 Å². The molecule has 2 heterocycles. The van der Waals surface area contributed by atoms with Crippen LogP contribution in [0, 0.1) is 0 Å². The van der Waals surface area contributed by atoms with Gasteiger partial charge < -0.3 is 19.1 Å². The summed E-state index contributed by atoms with van der Waals surface area (Å²) in [6.07, 6.45) is 1.67. The number of carbonyl (C=O) groups is 2. The summed E-state index contributed by atoms with van der Waals surface area (Å²) in [5, 5.41) is 0. The predicted octanol–water partition coefficient (Wildman–Crippen LogP) is 2.09. The second kappa shape index (κ2) is 9.78. The van der Waals surface area contributed by atoms with E-state index in [9.17, 15) is 9.59 Å². The number of ether oxygens (including phenoxy) is 3. The van der Waals surface area contributed by atoms with Gasteiger partial charge in [-0.3, -0.25) is 14.5 Å². The van der Waals surface area contributed by atoms with Crippen LogP contribution in [0.5, 0.6) is 11.5 Å². The Morgan fingerprint density at radius 1 is 1.25 bits per heavy atom. The van der Waals surface area contributed by atoms with E-state index in [0.717, 1.165) is 25.9 Å². The molecule has 1 saturated heterocycles. The number of esters is 1. The van der Waals surface area contributed by atoms with Gasteiger partial charge in [0, 0.05) is 19.1 Å². The zero-order valence-electron chi connectivity index (χ0n) is 16.8. The summed E-state index contributed by atoms with van der Waals surface area (Å²) in [7, 11) is 0. The number of likely N-dealkylation sites (tertiary alicyclic amines) is 1. The van der Waals surface area contributed by atoms with Crippen LogP contribution < -0.4 is 9.47 Å². The lowest BCUT2D eigenvalue weighted by Gasteiger charge is -2.34. The highest BCUT2D eigenvalue weighted by atomic mass is 16.6. The minimum absolute atomic E-state index is 0.137. The van der Waals surface area contributed by atoms with E-state index in [1.807, 2.05) is 18.2 Å². The molecule has 7 nitrogen and oxygen atoms in total. The lowest BCUT2D eigenvalue weighted by molar-refractivity contribution is -0.146. The van der Waals surface area contributed by atoms with Crippen molar-refractivity contribution in [3.63, 3.8) is 0 Å². The van der Waals surface area contributed by atoms with E-state index >= 15 is 0 Å². The second-order valence-electron chi connectivity index (χ2n) is 7.13. The van der Waals surface area contributed by atoms with Crippen LogP contribution in [0.3, 0.4) is 0 Å². The molecule has 0 aromatic heterocycles. The Bertz CT molecular complexity index is 681. The molecule has 0 saturated carbocycles. The molecule has 28 heavy (non-hydrogen) atoms. The van der Waals surface area contributed by atoms with Crippen molar-refractivity contribution in [1.29, 1.82) is 0 Å². The fourth-order valence-electron chi connectivity index (χ4n) is 3.87. The van der Waals surface area contributed by atoms with Crippen molar-refractivity contribution in [3.8, 4) is 11.5 Å². The van der Waals surface area contributed by atoms with Gasteiger partial charge in [0.15, 0.2) is 11.5 Å². The fourth-order valence-corrected chi connectivity index (χ4v) is 3.87. The summed E-state index contributed by atoms with van der Waals surface area (Å²) in [6.45, 7) is 7.36. The molecule has 154 valence electrons. The van der Waals surface area contributed by atoms with Gasteiger partial charge in [-0.2, -0.15) is 0 Å². The number of amides is 1. The molecule has 1 fully saturated rings. The van der Waals surface area contributed by atoms with Gasteiger partial charge in [0.1, 0.15) is 6.61 Å². The Hall–Kier alpha value is -2.28. The summed E-state index contributed by atoms with van der Waals surface area (Å²) in [4.78, 5) is 29.2. The number of rotatable bonds is 8. The number of likely N-dealkylation sites (N-methyl/N-ethyl adjacent to an activating group) is 1. The van der Waals surface area contributed by atoms with E-state index in [4.69, 9.17) is 14.2 Å². The average Bonchev–Trinajstić information content (AvgIpc) is 3.17. The second-order valence-corrected chi connectivity index (χ2v) is 7.13. The highest BCUT2D eigenvalue weighted by Gasteiger charge is 2.34. The molecular weight excluding hydrogens is 360 g/mol. The number of para-hydroxylation sites is 2. The quantitative estimate of drug-likeness (QED) is 0.633. The van der Waals surface area contributed by atoms with Crippen LogP contribution in [0.15, 0.2) is 24.3 Å². The van der Waals surface area contributed by atoms with Crippen molar-refractivity contribution in [2.75, 3.05) is 39.4 Å². The van der Waals surface area contributed by atoms with Crippen LogP contribution in [-0.4, -0.2) is 73.2 Å². The summed E-state index contributed by atoms with van der Waals surface area (Å²) in [5.74, 6) is 0.804. The van der Waals surface area contributed by atoms with E-state index < -0.39 is 6.10 Å². The number of nitrogens with zero attached hydrogens (tertiary/aromatic N) is 2. The summed E-state index contributed by atoms with van der Waals surface area (Å²) >= 11 is 0. The fraction of sp³-hybridized carbons (Fsp3) is 0.619. The molecule has 0 N–H and O–H groups in total. The van der Waals surface area contributed by atoms with Crippen LogP contribution >= 0.6 is 0 Å². The Labute approximate surface area is 166 Å². The lowest BCUT2D eigenvalue weighted by Crippen LogP contribution is -2.51. The van der Waals surface area contributed by atoms with Gasteiger partial charge in [0.05, 0.1) is 13.0 Å². The molecule has 1 amide bonds. The van der Waals surface area contributed by atoms with Gasteiger partial charge in [-0.05, 0) is 45.0 Å². The molecule has 2 atom stereocenters. The molecule has 1 aromatic rings. The third-order valence-corrected chi connectivity index (χ3v) is 5.32. The molecule has 0 bridgehead atoms. The molecule has 2 aliphatic heterocycles. The molecule has 0 radical (unpaired) electrons. The number of benzene rings is 1. The minimum atomic E-state index is -0.700. The van der Waals surface area contributed by atoms with E-state index in [1.54, 1.807) is 17.9 Å². The molecule has 2 aliphatic rings. The summed E-state index contributed by atoms with van der Waals surface area (Å²) in [6, 6.07) is 7.66. The van der Waals surface area contributed by atoms with Crippen molar-refractivity contribution in [2.45, 2.75) is 45.3 Å². The average molecular weight is 390 g/mol. The van der Waals surface area contributed by atoms with Gasteiger partial charge in [0.25, 0.3) is 5.91 Å². The van der Waals surface area contributed by atoms with Crippen molar-refractivity contribution >= 4 is 11.9 Å². The van der Waals surface area contributed by atoms with E-state index in [1.165, 1.54) is 0 Å². The highest BCUT2D eigenvalue weighted by Crippen LogP contribution is 2.31. The molecule has 0 spiro atoms. The number of fused-ring (bicyclic) bond motifs is 1. The van der Waals surface area contributed by atoms with E-state index in [0.29, 0.717) is 37.2 Å². The largest absolute Gasteiger partial charge is 0.485 e. The smallest absolute Gasteiger partial charge is 0.307 e. The van der Waals surface area contributed by atoms with Crippen molar-refractivity contribution in [2.24, 2.45) is 0 Å². The number of carbonyl (C=O) groups excluding carboxylic acids is 2. The minimum Gasteiger partial charge on any atom is -0.485 e. The first-order chi connectivity index (χ1) is 13.6. The first kappa shape index (κ1) is 20.5. The summed E-state index contributed by atoms with van der Waals surface area (Å²) < 4.78 is 16.6. The maximum Gasteiger partial charge on any atom is 0.307 e. The normalized spacial score (nSPS) is 21.4. The molecule has 1 aromatic carbocycles. The Morgan fingerprint density at radius 3 is 2.79 bits per heavy atom. The van der Waals surface area contributed by atoms with Crippen molar-refractivity contribution < 1.29 is 23.8 Å². The zero-order valence-corrected chi connectivity index (χ0v) is 16.8. The van der Waals surface area contributed by atoms with E-state index in [2.05, 4.69) is 11.8 Å². The Kier molecular flexibility index (Phi) is 7.14. The third-order valence-electron chi connectivity index (χ3n) is 5.32. The van der Waals surface area contributed by atoms with Gasteiger partial charge >= 0.3 is 5.97 Å². The van der Waals surface area contributed by atoms with Gasteiger partial charge in [0.2, 0.25) is 6.10 Å². The van der Waals surface area contributed by atoms with Crippen LogP contribution in [0.4, 0.5) is 0 Å². The van der Waals surface area contributed by atoms with E-state index in [-0.39, 0.29) is 24.9 Å². The number of hydrogen-bond acceptors (Lipinski definition) is 6. The van der Waals surface area contributed by atoms with Crippen molar-refractivity contribution in [1.82, 2.24) is 9.80 Å². The van der Waals surface area contributed by atoms with Gasteiger partial charge in [-0.15, -0.1) is 0 Å². The van der Waals surface area contributed by atoms with Gasteiger partial charge in [-0.25, -0.2) is 0 Å². The highest BCUT2D eigenvalue weighted by molar-refractivity contribution is 5.82. The molecule has 3 rings (SSSR count). The third kappa shape index (κ3) is 4.95. The monoisotopic (exact) mass is 390 g/mol. The Morgan fingerprint density at radius 2 is 2.04 bits per heavy atom.